The van der Waals surface area contributed by atoms with Gasteiger partial charge in [-0.15, -0.1) is 11.3 Å². The highest BCUT2D eigenvalue weighted by Crippen LogP contribution is 2.28. The van der Waals surface area contributed by atoms with E-state index in [2.05, 4.69) is 57.2 Å². The SMILES string of the molecule is CCCC(C)(CNC(C)(C)C)Cc1csc(C)n1. The molecule has 1 heterocycles. The Morgan fingerprint density at radius 1 is 1.28 bits per heavy atom. The van der Waals surface area contributed by atoms with Crippen LogP contribution < -0.4 is 5.32 Å². The zero-order chi connectivity index (χ0) is 13.8. The van der Waals surface area contributed by atoms with E-state index in [0.29, 0.717) is 5.41 Å². The zero-order valence-electron chi connectivity index (χ0n) is 12.8. The van der Waals surface area contributed by atoms with Gasteiger partial charge in [-0.05, 0) is 46.0 Å². The predicted octanol–water partition coefficient (Wildman–Crippen LogP) is 4.19. The second kappa shape index (κ2) is 6.16. The van der Waals surface area contributed by atoms with Gasteiger partial charge in [0.15, 0.2) is 0 Å². The number of nitrogens with zero attached hydrogens (tertiary/aromatic N) is 1. The van der Waals surface area contributed by atoms with Crippen LogP contribution in [0.3, 0.4) is 0 Å². The van der Waals surface area contributed by atoms with E-state index >= 15 is 0 Å². The summed E-state index contributed by atoms with van der Waals surface area (Å²) in [5, 5.41) is 7.03. The van der Waals surface area contributed by atoms with Crippen LogP contribution in [0, 0.1) is 12.3 Å². The molecule has 0 amide bonds. The Morgan fingerprint density at radius 2 is 1.94 bits per heavy atom. The van der Waals surface area contributed by atoms with Crippen molar-refractivity contribution in [1.29, 1.82) is 0 Å². The van der Waals surface area contributed by atoms with Gasteiger partial charge in [-0.25, -0.2) is 4.98 Å². The van der Waals surface area contributed by atoms with Crippen molar-refractivity contribution in [3.05, 3.63) is 16.1 Å². The van der Waals surface area contributed by atoms with Crippen LogP contribution >= 0.6 is 11.3 Å². The van der Waals surface area contributed by atoms with E-state index in [1.165, 1.54) is 23.5 Å². The Balaban J connectivity index is 2.67. The number of hydrogen-bond acceptors (Lipinski definition) is 3. The summed E-state index contributed by atoms with van der Waals surface area (Å²) in [5.41, 5.74) is 1.75. The highest BCUT2D eigenvalue weighted by atomic mass is 32.1. The highest BCUT2D eigenvalue weighted by Gasteiger charge is 2.26. The van der Waals surface area contributed by atoms with E-state index < -0.39 is 0 Å². The van der Waals surface area contributed by atoms with Gasteiger partial charge in [-0.3, -0.25) is 0 Å². The van der Waals surface area contributed by atoms with Crippen molar-refractivity contribution in [2.75, 3.05) is 6.54 Å². The molecule has 0 spiro atoms. The van der Waals surface area contributed by atoms with Gasteiger partial charge in [-0.2, -0.15) is 0 Å². The fourth-order valence-corrected chi connectivity index (χ4v) is 2.86. The van der Waals surface area contributed by atoms with Crippen molar-refractivity contribution in [1.82, 2.24) is 10.3 Å². The lowest BCUT2D eigenvalue weighted by Crippen LogP contribution is -2.43. The van der Waals surface area contributed by atoms with E-state index in [-0.39, 0.29) is 5.54 Å². The van der Waals surface area contributed by atoms with Crippen LogP contribution in [-0.2, 0) is 6.42 Å². The third-order valence-corrected chi connectivity index (χ3v) is 4.00. The summed E-state index contributed by atoms with van der Waals surface area (Å²) in [6.07, 6.45) is 3.55. The minimum absolute atomic E-state index is 0.187. The molecule has 0 aliphatic heterocycles. The maximum Gasteiger partial charge on any atom is 0.0897 e. The first kappa shape index (κ1) is 15.6. The van der Waals surface area contributed by atoms with Gasteiger partial charge in [-0.1, -0.05) is 20.3 Å². The van der Waals surface area contributed by atoms with Crippen molar-refractivity contribution < 1.29 is 0 Å². The Morgan fingerprint density at radius 3 is 2.39 bits per heavy atom. The Labute approximate surface area is 116 Å². The van der Waals surface area contributed by atoms with Gasteiger partial charge >= 0.3 is 0 Å². The highest BCUT2D eigenvalue weighted by molar-refractivity contribution is 7.09. The molecular formula is C15H28N2S. The van der Waals surface area contributed by atoms with Crippen LogP contribution in [0.5, 0.6) is 0 Å². The van der Waals surface area contributed by atoms with Crippen LogP contribution in [0.2, 0.25) is 0 Å². The first-order valence-corrected chi connectivity index (χ1v) is 7.78. The van der Waals surface area contributed by atoms with Gasteiger partial charge < -0.3 is 5.32 Å². The number of hydrogen-bond donors (Lipinski definition) is 1. The average Bonchev–Trinajstić information content (AvgIpc) is 2.60. The van der Waals surface area contributed by atoms with Crippen molar-refractivity contribution in [3.63, 3.8) is 0 Å². The fraction of sp³-hybridized carbons (Fsp3) is 0.800. The summed E-state index contributed by atoms with van der Waals surface area (Å²) < 4.78 is 0. The van der Waals surface area contributed by atoms with Crippen LogP contribution in [0.15, 0.2) is 5.38 Å². The third kappa shape index (κ3) is 5.49. The smallest absolute Gasteiger partial charge is 0.0897 e. The van der Waals surface area contributed by atoms with E-state index in [0.717, 1.165) is 13.0 Å². The van der Waals surface area contributed by atoms with Gasteiger partial charge in [0.05, 0.1) is 10.7 Å². The molecule has 0 saturated heterocycles. The average molecular weight is 268 g/mol. The van der Waals surface area contributed by atoms with Crippen LogP contribution in [0.25, 0.3) is 0 Å². The minimum Gasteiger partial charge on any atom is -0.312 e. The lowest BCUT2D eigenvalue weighted by molar-refractivity contribution is 0.242. The molecule has 18 heavy (non-hydrogen) atoms. The van der Waals surface area contributed by atoms with E-state index in [9.17, 15) is 0 Å². The van der Waals surface area contributed by atoms with Gasteiger partial charge in [0.1, 0.15) is 0 Å². The standard InChI is InChI=1S/C15H28N2S/c1-7-8-15(6,11-16-14(3,4)5)9-13-10-18-12(2)17-13/h10,16H,7-9,11H2,1-6H3. The van der Waals surface area contributed by atoms with Crippen molar-refractivity contribution in [2.45, 2.75) is 66.3 Å². The van der Waals surface area contributed by atoms with Crippen molar-refractivity contribution >= 4 is 11.3 Å². The van der Waals surface area contributed by atoms with E-state index in [4.69, 9.17) is 0 Å². The molecule has 3 heteroatoms. The summed E-state index contributed by atoms with van der Waals surface area (Å²) >= 11 is 1.76. The summed E-state index contributed by atoms with van der Waals surface area (Å²) in [6.45, 7) is 14.5. The molecule has 0 aliphatic carbocycles. The summed E-state index contributed by atoms with van der Waals surface area (Å²) in [4.78, 5) is 4.61. The quantitative estimate of drug-likeness (QED) is 0.837. The second-order valence-electron chi connectivity index (χ2n) is 6.70. The van der Waals surface area contributed by atoms with Gasteiger partial charge in [0.25, 0.3) is 0 Å². The summed E-state index contributed by atoms with van der Waals surface area (Å²) in [6, 6.07) is 0. The Hall–Kier alpha value is -0.410. The normalized spacial score (nSPS) is 15.7. The number of rotatable bonds is 6. The van der Waals surface area contributed by atoms with Gasteiger partial charge in [0, 0.05) is 17.5 Å². The molecule has 0 aromatic carbocycles. The van der Waals surface area contributed by atoms with E-state index in [1.54, 1.807) is 11.3 Å². The molecule has 1 atom stereocenters. The first-order chi connectivity index (χ1) is 8.24. The van der Waals surface area contributed by atoms with Crippen molar-refractivity contribution in [2.24, 2.45) is 5.41 Å². The van der Waals surface area contributed by atoms with Crippen molar-refractivity contribution in [3.8, 4) is 0 Å². The molecule has 1 N–H and O–H groups in total. The monoisotopic (exact) mass is 268 g/mol. The Bertz CT molecular complexity index is 365. The van der Waals surface area contributed by atoms with Crippen LogP contribution in [-0.4, -0.2) is 17.1 Å². The van der Waals surface area contributed by atoms with Crippen LogP contribution in [0.4, 0.5) is 0 Å². The topological polar surface area (TPSA) is 24.9 Å². The second-order valence-corrected chi connectivity index (χ2v) is 7.76. The predicted molar refractivity (Wildman–Crippen MR) is 81.3 cm³/mol. The molecule has 2 nitrogen and oxygen atoms in total. The minimum atomic E-state index is 0.187. The molecule has 0 radical (unpaired) electrons. The van der Waals surface area contributed by atoms with Gasteiger partial charge in [0.2, 0.25) is 0 Å². The number of nitrogens with one attached hydrogen (secondary N) is 1. The fourth-order valence-electron chi connectivity index (χ4n) is 2.25. The largest absolute Gasteiger partial charge is 0.312 e. The lowest BCUT2D eigenvalue weighted by Gasteiger charge is -2.33. The molecule has 1 aromatic rings. The maximum absolute atomic E-state index is 4.61. The summed E-state index contributed by atoms with van der Waals surface area (Å²) in [7, 11) is 0. The molecule has 1 aromatic heterocycles. The first-order valence-electron chi connectivity index (χ1n) is 6.90. The molecule has 1 unspecified atom stereocenters. The lowest BCUT2D eigenvalue weighted by atomic mass is 9.80. The van der Waals surface area contributed by atoms with Crippen LogP contribution in [0.1, 0.15) is 58.2 Å². The number of aryl methyl sites for hydroxylation is 1. The Kier molecular flexibility index (Phi) is 5.35. The van der Waals surface area contributed by atoms with E-state index in [1.807, 2.05) is 0 Å². The zero-order valence-corrected chi connectivity index (χ0v) is 13.6. The molecule has 1 rings (SSSR count). The molecule has 0 fully saturated rings. The number of aromatic nitrogens is 1. The molecule has 0 bridgehead atoms. The molecule has 104 valence electrons. The summed E-state index contributed by atoms with van der Waals surface area (Å²) in [5.74, 6) is 0. The molecule has 0 aliphatic rings. The molecular weight excluding hydrogens is 240 g/mol. The third-order valence-electron chi connectivity index (χ3n) is 3.17. The number of thiazole rings is 1. The maximum atomic E-state index is 4.61. The molecule has 0 saturated carbocycles.